The maximum absolute atomic E-state index is 13.6. The van der Waals surface area contributed by atoms with E-state index in [1.807, 2.05) is 36.5 Å². The number of alkyl halides is 2. The molecule has 1 saturated heterocycles. The molecule has 1 aliphatic heterocycles. The molecule has 8 nitrogen and oxygen atoms in total. The first-order chi connectivity index (χ1) is 18.1. The number of benzene rings is 1. The van der Waals surface area contributed by atoms with Gasteiger partial charge >= 0.3 is 0 Å². The molecular weight excluding hydrogens is 510 g/mol. The summed E-state index contributed by atoms with van der Waals surface area (Å²) in [6, 6.07) is 11.1. The summed E-state index contributed by atoms with van der Waals surface area (Å²) < 4.78 is 55.3. The van der Waals surface area contributed by atoms with Crippen LogP contribution in [0.4, 0.5) is 20.2 Å². The lowest BCUT2D eigenvalue weighted by Gasteiger charge is -2.35. The van der Waals surface area contributed by atoms with Crippen LogP contribution in [-0.2, 0) is 10.0 Å². The molecule has 3 aromatic rings. The van der Waals surface area contributed by atoms with Crippen molar-refractivity contribution in [3.63, 3.8) is 0 Å². The fourth-order valence-corrected chi connectivity index (χ4v) is 6.36. The third-order valence-electron chi connectivity index (χ3n) is 8.31. The van der Waals surface area contributed by atoms with Crippen molar-refractivity contribution in [2.45, 2.75) is 63.2 Å². The van der Waals surface area contributed by atoms with Crippen molar-refractivity contribution >= 4 is 21.4 Å². The van der Waals surface area contributed by atoms with Crippen LogP contribution in [0.5, 0.6) is 0 Å². The van der Waals surface area contributed by atoms with Gasteiger partial charge in [-0.2, -0.15) is 0 Å². The molecule has 1 spiro atoms. The molecule has 3 fully saturated rings. The van der Waals surface area contributed by atoms with Gasteiger partial charge in [0.2, 0.25) is 15.9 Å². The summed E-state index contributed by atoms with van der Waals surface area (Å²) in [5.41, 5.74) is 4.77. The van der Waals surface area contributed by atoms with Crippen LogP contribution in [0.1, 0.15) is 63.0 Å². The SMILES string of the molecule is CS(=O)(=O)Nc1ccc(-n2cc(-c3cccc(C4CCC(F)(F)CC4)n3)nn2)c(N2CCC3(CC2)CC3)c1. The number of aromatic nitrogens is 4. The summed E-state index contributed by atoms with van der Waals surface area (Å²) in [6.45, 7) is 1.81. The molecule has 3 aliphatic rings. The van der Waals surface area contributed by atoms with Crippen molar-refractivity contribution in [2.24, 2.45) is 5.41 Å². The van der Waals surface area contributed by atoms with Crippen LogP contribution in [0.3, 0.4) is 0 Å². The Labute approximate surface area is 221 Å². The lowest BCUT2D eigenvalue weighted by Crippen LogP contribution is -2.35. The quantitative estimate of drug-likeness (QED) is 0.450. The van der Waals surface area contributed by atoms with Crippen LogP contribution in [0.2, 0.25) is 0 Å². The van der Waals surface area contributed by atoms with Crippen LogP contribution < -0.4 is 9.62 Å². The van der Waals surface area contributed by atoms with Crippen molar-refractivity contribution in [1.82, 2.24) is 20.0 Å². The van der Waals surface area contributed by atoms with Gasteiger partial charge in [-0.15, -0.1) is 5.10 Å². The van der Waals surface area contributed by atoms with E-state index in [1.165, 1.54) is 12.8 Å². The fraction of sp³-hybridized carbons (Fsp3) is 0.519. The van der Waals surface area contributed by atoms with Gasteiger partial charge in [-0.25, -0.2) is 21.9 Å². The Morgan fingerprint density at radius 1 is 0.947 bits per heavy atom. The van der Waals surface area contributed by atoms with Gasteiger partial charge in [-0.3, -0.25) is 9.71 Å². The molecule has 0 bridgehead atoms. The fourth-order valence-electron chi connectivity index (χ4n) is 5.80. The Morgan fingerprint density at radius 3 is 2.37 bits per heavy atom. The van der Waals surface area contributed by atoms with E-state index in [1.54, 1.807) is 10.7 Å². The number of hydrogen-bond donors (Lipinski definition) is 1. The highest BCUT2D eigenvalue weighted by Gasteiger charge is 2.44. The molecule has 0 radical (unpaired) electrons. The first-order valence-electron chi connectivity index (χ1n) is 13.2. The number of halogens is 2. The van der Waals surface area contributed by atoms with Gasteiger partial charge in [0.25, 0.3) is 0 Å². The summed E-state index contributed by atoms with van der Waals surface area (Å²) in [4.78, 5) is 7.06. The number of pyridine rings is 1. The van der Waals surface area contributed by atoms with Crippen molar-refractivity contribution in [3.05, 3.63) is 48.3 Å². The molecule has 11 heteroatoms. The van der Waals surface area contributed by atoms with Gasteiger partial charge in [-0.1, -0.05) is 11.3 Å². The minimum atomic E-state index is -3.42. The Kier molecular flexibility index (Phi) is 6.16. The van der Waals surface area contributed by atoms with E-state index in [2.05, 4.69) is 19.9 Å². The normalized spacial score (nSPS) is 21.0. The first kappa shape index (κ1) is 25.2. The largest absolute Gasteiger partial charge is 0.370 e. The van der Waals surface area contributed by atoms with E-state index < -0.39 is 15.9 Å². The van der Waals surface area contributed by atoms with Gasteiger partial charge in [0, 0.05) is 37.5 Å². The maximum Gasteiger partial charge on any atom is 0.248 e. The Morgan fingerprint density at radius 2 is 1.68 bits per heavy atom. The minimum absolute atomic E-state index is 0.0139. The third kappa shape index (κ3) is 5.39. The highest BCUT2D eigenvalue weighted by molar-refractivity contribution is 7.92. The molecular formula is C27H32F2N6O2S. The number of hydrogen-bond acceptors (Lipinski definition) is 6. The molecule has 202 valence electrons. The van der Waals surface area contributed by atoms with E-state index in [0.717, 1.165) is 49.3 Å². The summed E-state index contributed by atoms with van der Waals surface area (Å²) >= 11 is 0. The van der Waals surface area contributed by atoms with Crippen LogP contribution in [0.25, 0.3) is 17.1 Å². The van der Waals surface area contributed by atoms with Crippen molar-refractivity contribution in [3.8, 4) is 17.1 Å². The number of nitrogens with one attached hydrogen (secondary N) is 1. The minimum Gasteiger partial charge on any atom is -0.370 e. The first-order valence-corrected chi connectivity index (χ1v) is 15.1. The number of nitrogens with zero attached hydrogens (tertiary/aromatic N) is 5. The van der Waals surface area contributed by atoms with Crippen LogP contribution in [0, 0.1) is 5.41 Å². The molecule has 1 N–H and O–H groups in total. The summed E-state index contributed by atoms with van der Waals surface area (Å²) in [6.07, 6.45) is 8.43. The monoisotopic (exact) mass is 542 g/mol. The molecule has 38 heavy (non-hydrogen) atoms. The maximum atomic E-state index is 13.6. The van der Waals surface area contributed by atoms with E-state index in [0.29, 0.717) is 35.3 Å². The number of anilines is 2. The topological polar surface area (TPSA) is 93.0 Å². The highest BCUT2D eigenvalue weighted by Crippen LogP contribution is 2.54. The summed E-state index contributed by atoms with van der Waals surface area (Å²) in [5.74, 6) is -2.56. The molecule has 6 rings (SSSR count). The third-order valence-corrected chi connectivity index (χ3v) is 8.92. The van der Waals surface area contributed by atoms with Crippen molar-refractivity contribution in [2.75, 3.05) is 29.0 Å². The van der Waals surface area contributed by atoms with Crippen LogP contribution >= 0.6 is 0 Å². The molecule has 0 amide bonds. The lowest BCUT2D eigenvalue weighted by atomic mass is 9.84. The smallest absolute Gasteiger partial charge is 0.248 e. The number of sulfonamides is 1. The van der Waals surface area contributed by atoms with Crippen LogP contribution in [-0.4, -0.2) is 53.7 Å². The molecule has 2 aromatic heterocycles. The zero-order valence-corrected chi connectivity index (χ0v) is 22.2. The number of piperidine rings is 1. The van der Waals surface area contributed by atoms with E-state index in [9.17, 15) is 17.2 Å². The molecule has 1 aromatic carbocycles. The highest BCUT2D eigenvalue weighted by atomic mass is 32.2. The van der Waals surface area contributed by atoms with E-state index >= 15 is 0 Å². The Balaban J connectivity index is 1.28. The second-order valence-corrected chi connectivity index (χ2v) is 12.9. The van der Waals surface area contributed by atoms with Gasteiger partial charge in [0.15, 0.2) is 0 Å². The van der Waals surface area contributed by atoms with Crippen molar-refractivity contribution < 1.29 is 17.2 Å². The van der Waals surface area contributed by atoms with Crippen LogP contribution in [0.15, 0.2) is 42.6 Å². The molecule has 3 heterocycles. The average Bonchev–Trinajstić information content (AvgIpc) is 3.44. The molecule has 2 aliphatic carbocycles. The van der Waals surface area contributed by atoms with E-state index in [-0.39, 0.29) is 18.8 Å². The van der Waals surface area contributed by atoms with Gasteiger partial charge in [0.05, 0.1) is 35.2 Å². The Hall–Kier alpha value is -3.08. The van der Waals surface area contributed by atoms with E-state index in [4.69, 9.17) is 4.98 Å². The molecule has 2 saturated carbocycles. The zero-order chi connectivity index (χ0) is 26.5. The Bertz CT molecular complexity index is 1430. The number of rotatable bonds is 6. The predicted molar refractivity (Wildman–Crippen MR) is 142 cm³/mol. The molecule has 0 atom stereocenters. The summed E-state index contributed by atoms with van der Waals surface area (Å²) in [7, 11) is -3.42. The van der Waals surface area contributed by atoms with Gasteiger partial charge in [-0.05, 0) is 74.3 Å². The molecule has 0 unspecified atom stereocenters. The second-order valence-electron chi connectivity index (χ2n) is 11.2. The van der Waals surface area contributed by atoms with Gasteiger partial charge < -0.3 is 4.90 Å². The lowest BCUT2D eigenvalue weighted by molar-refractivity contribution is -0.0384. The van der Waals surface area contributed by atoms with Gasteiger partial charge in [0.1, 0.15) is 5.69 Å². The summed E-state index contributed by atoms with van der Waals surface area (Å²) in [5, 5.41) is 8.76. The zero-order valence-electron chi connectivity index (χ0n) is 21.4. The predicted octanol–water partition coefficient (Wildman–Crippen LogP) is 5.37. The second kappa shape index (κ2) is 9.29. The standard InChI is InChI=1S/C27H32F2N6O2S/c1-38(36,37)32-20-5-6-24(25(17-20)34-15-13-26(11-12-26)14-16-34)35-18-23(31-33-35)22-4-2-3-21(30-22)19-7-9-27(28,29)10-8-19/h2-6,17-19,32H,7-16H2,1H3. The van der Waals surface area contributed by atoms with Crippen molar-refractivity contribution in [1.29, 1.82) is 0 Å². The average molecular weight is 543 g/mol.